The summed E-state index contributed by atoms with van der Waals surface area (Å²) in [5.41, 5.74) is 4.92. The van der Waals surface area contributed by atoms with Crippen LogP contribution < -0.4 is 16.2 Å². The number of pyridine rings is 4. The fourth-order valence-corrected chi connectivity index (χ4v) is 3.79. The van der Waals surface area contributed by atoms with Crippen LogP contribution in [-0.4, -0.2) is 32.5 Å². The van der Waals surface area contributed by atoms with E-state index in [4.69, 9.17) is 4.98 Å². The zero-order valence-electron chi connectivity index (χ0n) is 18.0. The molecule has 33 heavy (non-hydrogen) atoms. The highest BCUT2D eigenvalue weighted by Crippen LogP contribution is 2.27. The molecule has 5 rings (SSSR count). The number of nitrogens with zero attached hydrogens (tertiary/aromatic N) is 4. The Bertz CT molecular complexity index is 1570. The van der Waals surface area contributed by atoms with Crippen molar-refractivity contribution in [2.75, 3.05) is 17.7 Å². The Morgan fingerprint density at radius 1 is 0.970 bits per heavy atom. The van der Waals surface area contributed by atoms with Gasteiger partial charge in [-0.05, 0) is 48.5 Å². The third kappa shape index (κ3) is 3.78. The van der Waals surface area contributed by atoms with Crippen molar-refractivity contribution in [3.8, 4) is 16.9 Å². The summed E-state index contributed by atoms with van der Waals surface area (Å²) in [6.45, 7) is 1.43. The molecule has 1 amide bonds. The molecule has 4 aromatic heterocycles. The molecule has 0 unspecified atom stereocenters. The first-order valence-corrected chi connectivity index (χ1v) is 10.4. The molecular weight excluding hydrogens is 416 g/mol. The quantitative estimate of drug-likeness (QED) is 0.413. The topological polar surface area (TPSA) is 102 Å². The van der Waals surface area contributed by atoms with E-state index in [1.54, 1.807) is 29.1 Å². The number of carbonyl (C=O) groups excluding carboxylic acids is 1. The zero-order valence-corrected chi connectivity index (χ0v) is 18.0. The maximum Gasteiger partial charge on any atom is 0.255 e. The smallest absolute Gasteiger partial charge is 0.255 e. The average Bonchev–Trinajstić information content (AvgIpc) is 2.83. The van der Waals surface area contributed by atoms with Gasteiger partial charge >= 0.3 is 0 Å². The predicted octanol–water partition coefficient (Wildman–Crippen LogP) is 4.00. The lowest BCUT2D eigenvalue weighted by atomic mass is 10.1. The van der Waals surface area contributed by atoms with E-state index in [0.717, 1.165) is 22.3 Å². The predicted molar refractivity (Wildman–Crippen MR) is 130 cm³/mol. The van der Waals surface area contributed by atoms with Crippen LogP contribution in [0.4, 0.5) is 11.5 Å². The minimum absolute atomic E-state index is 0.156. The van der Waals surface area contributed by atoms with Crippen LogP contribution in [0.2, 0.25) is 0 Å². The Morgan fingerprint density at radius 2 is 1.85 bits per heavy atom. The molecule has 0 bridgehead atoms. The van der Waals surface area contributed by atoms with E-state index in [2.05, 4.69) is 20.6 Å². The molecule has 0 saturated heterocycles. The highest BCUT2D eigenvalue weighted by molar-refractivity contribution is 6.02. The van der Waals surface area contributed by atoms with E-state index in [1.165, 1.54) is 13.0 Å². The number of fused-ring (bicyclic) bond motifs is 3. The van der Waals surface area contributed by atoms with Crippen molar-refractivity contribution >= 4 is 39.3 Å². The first kappa shape index (κ1) is 20.3. The Labute approximate surface area is 189 Å². The van der Waals surface area contributed by atoms with E-state index in [1.807, 2.05) is 49.5 Å². The minimum atomic E-state index is -0.183. The Balaban J connectivity index is 1.74. The third-order valence-corrected chi connectivity index (χ3v) is 5.32. The van der Waals surface area contributed by atoms with E-state index >= 15 is 0 Å². The van der Waals surface area contributed by atoms with E-state index in [9.17, 15) is 9.59 Å². The SMILES string of the molecule is CNc1cccc(-n2c(=O)ccc3cnc4ccc(-c5ccc(NC(C)=O)nc5)nc4c32)c1. The lowest BCUT2D eigenvalue weighted by molar-refractivity contribution is -0.114. The van der Waals surface area contributed by atoms with Crippen LogP contribution >= 0.6 is 0 Å². The number of hydrogen-bond acceptors (Lipinski definition) is 6. The molecule has 0 radical (unpaired) electrons. The van der Waals surface area contributed by atoms with Crippen molar-refractivity contribution in [2.45, 2.75) is 6.92 Å². The second-order valence-corrected chi connectivity index (χ2v) is 7.55. The summed E-state index contributed by atoms with van der Waals surface area (Å²) in [7, 11) is 1.84. The summed E-state index contributed by atoms with van der Waals surface area (Å²) in [4.78, 5) is 38.0. The van der Waals surface area contributed by atoms with Gasteiger partial charge in [0.2, 0.25) is 5.91 Å². The molecule has 2 N–H and O–H groups in total. The summed E-state index contributed by atoms with van der Waals surface area (Å²) in [5.74, 6) is 0.286. The number of nitrogens with one attached hydrogen (secondary N) is 2. The molecule has 1 aromatic carbocycles. The summed E-state index contributed by atoms with van der Waals surface area (Å²) in [5, 5.41) is 6.57. The van der Waals surface area contributed by atoms with Gasteiger partial charge in [0, 0.05) is 49.1 Å². The highest BCUT2D eigenvalue weighted by Gasteiger charge is 2.13. The molecule has 4 heterocycles. The number of hydrogen-bond donors (Lipinski definition) is 2. The second kappa shape index (κ2) is 8.16. The van der Waals surface area contributed by atoms with Crippen LogP contribution in [0, 0.1) is 0 Å². The standard InChI is InChI=1S/C25H20N6O2/c1-15(32)29-22-10-6-16(13-28-22)20-8-9-21-24(30-20)25-17(14-27-21)7-11-23(33)31(25)19-5-3-4-18(12-19)26-2/h3-14,26H,1-2H3,(H,28,29,32). The molecule has 5 aromatic rings. The molecule has 0 saturated carbocycles. The molecule has 0 aliphatic rings. The average molecular weight is 436 g/mol. The van der Waals surface area contributed by atoms with E-state index in [-0.39, 0.29) is 11.5 Å². The van der Waals surface area contributed by atoms with Gasteiger partial charge < -0.3 is 10.6 Å². The molecule has 0 aliphatic heterocycles. The maximum atomic E-state index is 13.0. The maximum absolute atomic E-state index is 13.0. The summed E-state index contributed by atoms with van der Waals surface area (Å²) in [6.07, 6.45) is 3.40. The van der Waals surface area contributed by atoms with Crippen molar-refractivity contribution in [3.05, 3.63) is 83.4 Å². The van der Waals surface area contributed by atoms with Crippen molar-refractivity contribution in [2.24, 2.45) is 0 Å². The fraction of sp³-hybridized carbons (Fsp3) is 0.0800. The van der Waals surface area contributed by atoms with Crippen LogP contribution in [-0.2, 0) is 4.79 Å². The van der Waals surface area contributed by atoms with Gasteiger partial charge in [-0.25, -0.2) is 9.97 Å². The van der Waals surface area contributed by atoms with Crippen molar-refractivity contribution < 1.29 is 4.79 Å². The summed E-state index contributed by atoms with van der Waals surface area (Å²) in [6, 6.07) is 18.3. The fourth-order valence-electron chi connectivity index (χ4n) is 3.79. The molecule has 0 spiro atoms. The lowest BCUT2D eigenvalue weighted by Crippen LogP contribution is -2.18. The second-order valence-electron chi connectivity index (χ2n) is 7.55. The van der Waals surface area contributed by atoms with E-state index < -0.39 is 0 Å². The minimum Gasteiger partial charge on any atom is -0.388 e. The number of amides is 1. The first-order valence-electron chi connectivity index (χ1n) is 10.4. The molecule has 0 aliphatic carbocycles. The van der Waals surface area contributed by atoms with Crippen molar-refractivity contribution in [1.29, 1.82) is 0 Å². The van der Waals surface area contributed by atoms with Gasteiger partial charge in [0.1, 0.15) is 11.3 Å². The van der Waals surface area contributed by atoms with Crippen LogP contribution in [0.5, 0.6) is 0 Å². The molecule has 8 heteroatoms. The van der Waals surface area contributed by atoms with Gasteiger partial charge in [-0.2, -0.15) is 0 Å². The number of rotatable bonds is 4. The summed E-state index contributed by atoms with van der Waals surface area (Å²) >= 11 is 0. The van der Waals surface area contributed by atoms with Gasteiger partial charge in [-0.3, -0.25) is 19.1 Å². The van der Waals surface area contributed by atoms with Gasteiger partial charge in [-0.15, -0.1) is 0 Å². The van der Waals surface area contributed by atoms with Gasteiger partial charge in [0.05, 0.1) is 22.4 Å². The van der Waals surface area contributed by atoms with Crippen LogP contribution in [0.15, 0.2) is 77.9 Å². The lowest BCUT2D eigenvalue weighted by Gasteiger charge is -2.13. The largest absolute Gasteiger partial charge is 0.388 e. The number of aromatic nitrogens is 4. The van der Waals surface area contributed by atoms with Crippen molar-refractivity contribution in [3.63, 3.8) is 0 Å². The molecule has 162 valence electrons. The van der Waals surface area contributed by atoms with Crippen LogP contribution in [0.25, 0.3) is 38.9 Å². The van der Waals surface area contributed by atoms with Gasteiger partial charge in [0.15, 0.2) is 0 Å². The van der Waals surface area contributed by atoms with E-state index in [0.29, 0.717) is 28.1 Å². The Hall–Kier alpha value is -4.59. The first-order chi connectivity index (χ1) is 16.0. The molecule has 8 nitrogen and oxygen atoms in total. The monoisotopic (exact) mass is 436 g/mol. The molecular formula is C25H20N6O2. The van der Waals surface area contributed by atoms with Gasteiger partial charge in [-0.1, -0.05) is 6.07 Å². The van der Waals surface area contributed by atoms with Gasteiger partial charge in [0.25, 0.3) is 5.56 Å². The molecule has 0 atom stereocenters. The Morgan fingerprint density at radius 3 is 2.61 bits per heavy atom. The third-order valence-electron chi connectivity index (χ3n) is 5.32. The van der Waals surface area contributed by atoms with Crippen LogP contribution in [0.1, 0.15) is 6.92 Å². The summed E-state index contributed by atoms with van der Waals surface area (Å²) < 4.78 is 1.66. The zero-order chi connectivity index (χ0) is 22.9. The number of carbonyl (C=O) groups is 1. The van der Waals surface area contributed by atoms with Crippen LogP contribution in [0.3, 0.4) is 0 Å². The normalized spacial score (nSPS) is 11.0. The molecule has 0 fully saturated rings. The highest BCUT2D eigenvalue weighted by atomic mass is 16.1. The number of benzene rings is 1. The van der Waals surface area contributed by atoms with Crippen molar-refractivity contribution in [1.82, 2.24) is 19.5 Å². The number of anilines is 2. The Kier molecular flexibility index (Phi) is 5.02.